The highest BCUT2D eigenvalue weighted by molar-refractivity contribution is 8.00. The van der Waals surface area contributed by atoms with Gasteiger partial charge >= 0.3 is 0 Å². The zero-order chi connectivity index (χ0) is 18.4. The molecule has 1 fully saturated rings. The molecule has 7 nitrogen and oxygen atoms in total. The van der Waals surface area contributed by atoms with Gasteiger partial charge in [0.1, 0.15) is 10.7 Å². The number of fused-ring (bicyclic) bond motifs is 1. The summed E-state index contributed by atoms with van der Waals surface area (Å²) >= 11 is 4.40. The number of rotatable bonds is 5. The molecule has 136 valence electrons. The molecule has 0 aromatic carbocycles. The van der Waals surface area contributed by atoms with Gasteiger partial charge in [-0.2, -0.15) is 0 Å². The number of carbonyl (C=O) groups is 1. The molecular formula is C16H17N5O2S3. The van der Waals surface area contributed by atoms with Gasteiger partial charge in [-0.3, -0.25) is 14.5 Å². The van der Waals surface area contributed by atoms with Crippen LogP contribution in [0.5, 0.6) is 0 Å². The maximum absolute atomic E-state index is 12.3. The van der Waals surface area contributed by atoms with E-state index in [9.17, 15) is 9.59 Å². The summed E-state index contributed by atoms with van der Waals surface area (Å²) in [6.07, 6.45) is 2.04. The van der Waals surface area contributed by atoms with E-state index in [1.807, 2.05) is 13.8 Å². The first-order valence-corrected chi connectivity index (χ1v) is 10.8. The summed E-state index contributed by atoms with van der Waals surface area (Å²) in [4.78, 5) is 35.2. The molecular weight excluding hydrogens is 390 g/mol. The lowest BCUT2D eigenvalue weighted by molar-refractivity contribution is -0.116. The Hall–Kier alpha value is -1.78. The van der Waals surface area contributed by atoms with Crippen LogP contribution >= 0.6 is 34.4 Å². The molecule has 10 heteroatoms. The minimum Gasteiger partial charge on any atom is -0.309 e. The zero-order valence-corrected chi connectivity index (χ0v) is 17.0. The molecule has 3 aromatic rings. The molecule has 1 aliphatic rings. The Labute approximate surface area is 161 Å². The van der Waals surface area contributed by atoms with E-state index in [1.54, 1.807) is 23.2 Å². The average Bonchev–Trinajstić information content (AvgIpc) is 3.21. The van der Waals surface area contributed by atoms with Crippen molar-refractivity contribution < 1.29 is 4.79 Å². The van der Waals surface area contributed by atoms with Gasteiger partial charge in [0.05, 0.1) is 11.1 Å². The fourth-order valence-corrected chi connectivity index (χ4v) is 5.61. The summed E-state index contributed by atoms with van der Waals surface area (Å²) in [5, 5.41) is 9.65. The Morgan fingerprint density at radius 3 is 2.77 bits per heavy atom. The highest BCUT2D eigenvalue weighted by atomic mass is 32.2. The summed E-state index contributed by atoms with van der Waals surface area (Å²) in [5.74, 6) is 1.12. The number of hydrogen-bond donors (Lipinski definition) is 1. The first kappa shape index (κ1) is 17.6. The Balaban J connectivity index is 1.52. The Kier molecular flexibility index (Phi) is 4.57. The van der Waals surface area contributed by atoms with Crippen LogP contribution in [0.15, 0.2) is 9.13 Å². The van der Waals surface area contributed by atoms with E-state index in [4.69, 9.17) is 0 Å². The minimum absolute atomic E-state index is 0.0000771. The summed E-state index contributed by atoms with van der Waals surface area (Å²) < 4.78 is 0.758. The number of aromatic nitrogens is 4. The van der Waals surface area contributed by atoms with Crippen molar-refractivity contribution in [1.82, 2.24) is 20.2 Å². The number of hydrogen-bond acceptors (Lipinski definition) is 8. The number of aromatic amines is 1. The summed E-state index contributed by atoms with van der Waals surface area (Å²) in [6, 6.07) is 0.268. The van der Waals surface area contributed by atoms with Gasteiger partial charge < -0.3 is 4.98 Å². The van der Waals surface area contributed by atoms with Crippen molar-refractivity contribution >= 4 is 55.7 Å². The molecule has 1 N–H and O–H groups in total. The highest BCUT2D eigenvalue weighted by Crippen LogP contribution is 2.36. The number of aryl methyl sites for hydroxylation is 2. The van der Waals surface area contributed by atoms with Crippen LogP contribution in [0.1, 0.15) is 36.0 Å². The third-order valence-corrected chi connectivity index (χ3v) is 7.44. The molecule has 0 saturated heterocycles. The molecule has 3 aromatic heterocycles. The number of amides is 1. The standard InChI is InChI=1S/C16H17N5O2S3/c1-7-8(2)25-14-12(7)13(23)17-11(18-14)6-24-16-20-19-15(26-16)21(9(3)22)10-4-5-10/h10H,4-6H2,1-3H3,(H,17,18,23). The highest BCUT2D eigenvalue weighted by Gasteiger charge is 2.34. The van der Waals surface area contributed by atoms with E-state index in [0.29, 0.717) is 22.1 Å². The van der Waals surface area contributed by atoms with E-state index >= 15 is 0 Å². The van der Waals surface area contributed by atoms with Crippen LogP contribution in [-0.4, -0.2) is 32.1 Å². The van der Waals surface area contributed by atoms with Crippen LogP contribution in [-0.2, 0) is 10.5 Å². The second-order valence-electron chi connectivity index (χ2n) is 6.24. The number of anilines is 1. The van der Waals surface area contributed by atoms with Crippen LogP contribution in [0.3, 0.4) is 0 Å². The van der Waals surface area contributed by atoms with Gasteiger partial charge in [0.25, 0.3) is 5.56 Å². The quantitative estimate of drug-likeness (QED) is 0.516. The molecule has 0 atom stereocenters. The monoisotopic (exact) mass is 407 g/mol. The smallest absolute Gasteiger partial charge is 0.259 e. The lowest BCUT2D eigenvalue weighted by atomic mass is 10.2. The predicted octanol–water partition coefficient (Wildman–Crippen LogP) is 3.26. The lowest BCUT2D eigenvalue weighted by Gasteiger charge is -2.15. The predicted molar refractivity (Wildman–Crippen MR) is 105 cm³/mol. The van der Waals surface area contributed by atoms with Crippen LogP contribution < -0.4 is 10.5 Å². The number of nitrogens with one attached hydrogen (secondary N) is 1. The first-order chi connectivity index (χ1) is 12.4. The molecule has 26 heavy (non-hydrogen) atoms. The van der Waals surface area contributed by atoms with E-state index in [-0.39, 0.29) is 17.5 Å². The normalized spacial score (nSPS) is 14.1. The van der Waals surface area contributed by atoms with Crippen molar-refractivity contribution in [3.8, 4) is 0 Å². The number of thioether (sulfide) groups is 1. The third kappa shape index (κ3) is 3.28. The van der Waals surface area contributed by atoms with Gasteiger partial charge in [0.2, 0.25) is 11.0 Å². The Morgan fingerprint density at radius 2 is 2.08 bits per heavy atom. The van der Waals surface area contributed by atoms with Crippen molar-refractivity contribution in [2.75, 3.05) is 4.90 Å². The first-order valence-electron chi connectivity index (χ1n) is 8.19. The van der Waals surface area contributed by atoms with Gasteiger partial charge in [-0.25, -0.2) is 4.98 Å². The van der Waals surface area contributed by atoms with Crippen molar-refractivity contribution in [2.45, 2.75) is 49.7 Å². The SMILES string of the molecule is CC(=O)N(c1nnc(SCc2nc3sc(C)c(C)c3c(=O)[nH]2)s1)C1CC1. The number of H-pyrrole nitrogens is 1. The molecule has 1 aliphatic carbocycles. The third-order valence-electron chi connectivity index (χ3n) is 4.27. The van der Waals surface area contributed by atoms with Gasteiger partial charge in [-0.05, 0) is 32.3 Å². The molecule has 1 saturated carbocycles. The van der Waals surface area contributed by atoms with E-state index in [1.165, 1.54) is 23.1 Å². The molecule has 4 rings (SSSR count). The molecule has 1 amide bonds. The second-order valence-corrected chi connectivity index (χ2v) is 9.62. The maximum Gasteiger partial charge on any atom is 0.259 e. The number of thiophene rings is 1. The molecule has 0 bridgehead atoms. The summed E-state index contributed by atoms with van der Waals surface area (Å²) in [6.45, 7) is 5.50. The molecule has 0 radical (unpaired) electrons. The van der Waals surface area contributed by atoms with Crippen molar-refractivity contribution in [3.05, 3.63) is 26.6 Å². The molecule has 3 heterocycles. The van der Waals surface area contributed by atoms with Crippen LogP contribution in [0.2, 0.25) is 0 Å². The summed E-state index contributed by atoms with van der Waals surface area (Å²) in [7, 11) is 0. The molecule has 0 unspecified atom stereocenters. The van der Waals surface area contributed by atoms with E-state index in [0.717, 1.165) is 32.5 Å². The minimum atomic E-state index is -0.0955. The largest absolute Gasteiger partial charge is 0.309 e. The average molecular weight is 408 g/mol. The Morgan fingerprint density at radius 1 is 1.31 bits per heavy atom. The summed E-state index contributed by atoms with van der Waals surface area (Å²) in [5.41, 5.74) is 0.901. The molecule has 0 spiro atoms. The number of nitrogens with zero attached hydrogens (tertiary/aromatic N) is 4. The van der Waals surface area contributed by atoms with E-state index < -0.39 is 0 Å². The van der Waals surface area contributed by atoms with E-state index in [2.05, 4.69) is 20.2 Å². The van der Waals surface area contributed by atoms with Crippen LogP contribution in [0.4, 0.5) is 5.13 Å². The van der Waals surface area contributed by atoms with Crippen molar-refractivity contribution in [1.29, 1.82) is 0 Å². The lowest BCUT2D eigenvalue weighted by Crippen LogP contribution is -2.30. The van der Waals surface area contributed by atoms with Crippen molar-refractivity contribution in [3.63, 3.8) is 0 Å². The fourth-order valence-electron chi connectivity index (χ4n) is 2.74. The van der Waals surface area contributed by atoms with Gasteiger partial charge in [-0.1, -0.05) is 23.1 Å². The topological polar surface area (TPSA) is 91.8 Å². The zero-order valence-electron chi connectivity index (χ0n) is 14.5. The van der Waals surface area contributed by atoms with Crippen LogP contribution in [0.25, 0.3) is 10.2 Å². The van der Waals surface area contributed by atoms with Gasteiger partial charge in [0, 0.05) is 17.8 Å². The van der Waals surface area contributed by atoms with Gasteiger partial charge in [-0.15, -0.1) is 21.5 Å². The number of carbonyl (C=O) groups excluding carboxylic acids is 1. The second kappa shape index (κ2) is 6.75. The Bertz CT molecular complexity index is 1050. The van der Waals surface area contributed by atoms with Crippen LogP contribution in [0, 0.1) is 13.8 Å². The van der Waals surface area contributed by atoms with Crippen molar-refractivity contribution in [2.24, 2.45) is 0 Å². The fraction of sp³-hybridized carbons (Fsp3) is 0.438. The molecule has 0 aliphatic heterocycles. The maximum atomic E-state index is 12.3. The van der Waals surface area contributed by atoms with Gasteiger partial charge in [0.15, 0.2) is 4.34 Å².